The molecule has 104 valence electrons. The van der Waals surface area contributed by atoms with Crippen LogP contribution in [0.3, 0.4) is 0 Å². The van der Waals surface area contributed by atoms with E-state index in [1.807, 2.05) is 12.1 Å². The van der Waals surface area contributed by atoms with Crippen molar-refractivity contribution in [2.45, 2.75) is 6.54 Å². The molecule has 0 saturated heterocycles. The number of pyridine rings is 1. The summed E-state index contributed by atoms with van der Waals surface area (Å²) in [4.78, 5) is 12.5. The van der Waals surface area contributed by atoms with E-state index < -0.39 is 0 Å². The number of rotatable bonds is 4. The molecule has 1 N–H and O–H groups in total. The summed E-state index contributed by atoms with van der Waals surface area (Å²) in [6.45, 7) is 0.637. The Kier molecular flexibility index (Phi) is 3.82. The summed E-state index contributed by atoms with van der Waals surface area (Å²) in [6.07, 6.45) is 6.93. The quantitative estimate of drug-likeness (QED) is 0.796. The van der Waals surface area contributed by atoms with Gasteiger partial charge in [-0.15, -0.1) is 0 Å². The highest BCUT2D eigenvalue weighted by Gasteiger charge is 2.01. The molecule has 21 heavy (non-hydrogen) atoms. The molecule has 2 heterocycles. The zero-order valence-electron chi connectivity index (χ0n) is 11.2. The van der Waals surface area contributed by atoms with E-state index in [0.717, 1.165) is 16.7 Å². The molecule has 0 saturated carbocycles. The Hall–Kier alpha value is -2.82. The lowest BCUT2D eigenvalue weighted by Gasteiger charge is -2.05. The minimum atomic E-state index is -0.254. The van der Waals surface area contributed by atoms with Crippen molar-refractivity contribution >= 4 is 5.95 Å². The largest absolute Gasteiger partial charge is 0.350 e. The molecule has 0 fully saturated rings. The van der Waals surface area contributed by atoms with Crippen LogP contribution in [0, 0.1) is 5.82 Å². The first-order valence-electron chi connectivity index (χ1n) is 6.52. The summed E-state index contributed by atoms with van der Waals surface area (Å²) >= 11 is 0. The molecule has 0 aliphatic carbocycles. The second-order valence-corrected chi connectivity index (χ2v) is 4.51. The topological polar surface area (TPSA) is 50.7 Å². The van der Waals surface area contributed by atoms with Gasteiger partial charge >= 0.3 is 0 Å². The van der Waals surface area contributed by atoms with Crippen molar-refractivity contribution in [1.82, 2.24) is 15.0 Å². The third-order valence-corrected chi connectivity index (χ3v) is 3.03. The monoisotopic (exact) mass is 280 g/mol. The van der Waals surface area contributed by atoms with Gasteiger partial charge in [-0.3, -0.25) is 4.98 Å². The van der Waals surface area contributed by atoms with Crippen molar-refractivity contribution in [2.75, 3.05) is 5.32 Å². The average molecular weight is 280 g/mol. The van der Waals surface area contributed by atoms with E-state index in [1.54, 1.807) is 36.9 Å². The minimum Gasteiger partial charge on any atom is -0.350 e. The van der Waals surface area contributed by atoms with Gasteiger partial charge in [0.1, 0.15) is 5.82 Å². The Morgan fingerprint density at radius 2 is 1.52 bits per heavy atom. The lowest BCUT2D eigenvalue weighted by molar-refractivity contribution is 0.628. The number of anilines is 1. The minimum absolute atomic E-state index is 0.254. The molecular formula is C16H13FN4. The predicted octanol–water partition coefficient (Wildman–Crippen LogP) is 3.29. The molecule has 0 bridgehead atoms. The van der Waals surface area contributed by atoms with Crippen LogP contribution >= 0.6 is 0 Å². The van der Waals surface area contributed by atoms with Crippen molar-refractivity contribution in [1.29, 1.82) is 0 Å². The van der Waals surface area contributed by atoms with Crippen LogP contribution in [0.2, 0.25) is 0 Å². The Morgan fingerprint density at radius 1 is 0.857 bits per heavy atom. The van der Waals surface area contributed by atoms with E-state index in [2.05, 4.69) is 20.3 Å². The van der Waals surface area contributed by atoms with E-state index in [4.69, 9.17) is 0 Å². The fourth-order valence-corrected chi connectivity index (χ4v) is 1.89. The van der Waals surface area contributed by atoms with E-state index >= 15 is 0 Å². The van der Waals surface area contributed by atoms with Crippen LogP contribution in [0.15, 0.2) is 61.2 Å². The summed E-state index contributed by atoms with van der Waals surface area (Å²) in [6, 6.07) is 10.1. The molecule has 0 unspecified atom stereocenters. The normalized spacial score (nSPS) is 10.3. The van der Waals surface area contributed by atoms with Gasteiger partial charge in [-0.1, -0.05) is 12.1 Å². The molecule has 4 nitrogen and oxygen atoms in total. The van der Waals surface area contributed by atoms with E-state index in [-0.39, 0.29) is 5.82 Å². The van der Waals surface area contributed by atoms with Gasteiger partial charge in [0.05, 0.1) is 0 Å². The maximum atomic E-state index is 12.9. The van der Waals surface area contributed by atoms with Crippen LogP contribution in [0.1, 0.15) is 5.56 Å². The van der Waals surface area contributed by atoms with Crippen LogP contribution in [0.5, 0.6) is 0 Å². The van der Waals surface area contributed by atoms with E-state index in [0.29, 0.717) is 12.5 Å². The highest BCUT2D eigenvalue weighted by atomic mass is 19.1. The second-order valence-electron chi connectivity index (χ2n) is 4.51. The Morgan fingerprint density at radius 3 is 2.19 bits per heavy atom. The van der Waals surface area contributed by atoms with Gasteiger partial charge in [0, 0.05) is 36.9 Å². The summed E-state index contributed by atoms with van der Waals surface area (Å²) in [5, 5.41) is 3.14. The highest BCUT2D eigenvalue weighted by molar-refractivity contribution is 5.61. The van der Waals surface area contributed by atoms with Gasteiger partial charge in [-0.05, 0) is 35.4 Å². The smallest absolute Gasteiger partial charge is 0.222 e. The summed E-state index contributed by atoms with van der Waals surface area (Å²) in [5.74, 6) is 0.299. The van der Waals surface area contributed by atoms with Crippen molar-refractivity contribution in [3.05, 3.63) is 72.6 Å². The fraction of sp³-hybridized carbons (Fsp3) is 0.0625. The first-order chi connectivity index (χ1) is 10.3. The summed E-state index contributed by atoms with van der Waals surface area (Å²) in [5.41, 5.74) is 2.85. The molecule has 0 aliphatic heterocycles. The number of nitrogens with zero attached hydrogens (tertiary/aromatic N) is 3. The molecular weight excluding hydrogens is 267 g/mol. The maximum Gasteiger partial charge on any atom is 0.222 e. The van der Waals surface area contributed by atoms with Gasteiger partial charge in [0.25, 0.3) is 0 Å². The molecule has 0 atom stereocenters. The van der Waals surface area contributed by atoms with E-state index in [1.165, 1.54) is 12.1 Å². The van der Waals surface area contributed by atoms with Crippen molar-refractivity contribution in [3.63, 3.8) is 0 Å². The van der Waals surface area contributed by atoms with Crippen LogP contribution in [0.25, 0.3) is 11.1 Å². The summed E-state index contributed by atoms with van der Waals surface area (Å²) < 4.78 is 12.9. The highest BCUT2D eigenvalue weighted by Crippen LogP contribution is 2.18. The third-order valence-electron chi connectivity index (χ3n) is 3.03. The number of halogens is 1. The van der Waals surface area contributed by atoms with Gasteiger partial charge in [0.2, 0.25) is 5.95 Å². The van der Waals surface area contributed by atoms with E-state index in [9.17, 15) is 4.39 Å². The number of hydrogen-bond donors (Lipinski definition) is 1. The zero-order valence-corrected chi connectivity index (χ0v) is 11.2. The maximum absolute atomic E-state index is 12.9. The molecule has 3 aromatic rings. The molecule has 5 heteroatoms. The van der Waals surface area contributed by atoms with Crippen LogP contribution in [-0.4, -0.2) is 15.0 Å². The fourth-order valence-electron chi connectivity index (χ4n) is 1.89. The van der Waals surface area contributed by atoms with Crippen LogP contribution < -0.4 is 5.32 Å². The molecule has 0 radical (unpaired) electrons. The van der Waals surface area contributed by atoms with Crippen LogP contribution in [-0.2, 0) is 6.54 Å². The lowest BCUT2D eigenvalue weighted by atomic mass is 10.1. The van der Waals surface area contributed by atoms with Gasteiger partial charge < -0.3 is 5.32 Å². The predicted molar refractivity (Wildman–Crippen MR) is 79.0 cm³/mol. The lowest BCUT2D eigenvalue weighted by Crippen LogP contribution is -2.03. The first-order valence-corrected chi connectivity index (χ1v) is 6.52. The SMILES string of the molecule is Fc1ccc(-c2cnc(NCc3ccncc3)nc2)cc1. The number of nitrogens with one attached hydrogen (secondary N) is 1. The van der Waals surface area contributed by atoms with Crippen LogP contribution in [0.4, 0.5) is 10.3 Å². The number of benzene rings is 1. The number of aromatic nitrogens is 3. The van der Waals surface area contributed by atoms with Gasteiger partial charge in [0.15, 0.2) is 0 Å². The molecule has 1 aromatic carbocycles. The van der Waals surface area contributed by atoms with Crippen molar-refractivity contribution in [3.8, 4) is 11.1 Å². The second kappa shape index (κ2) is 6.09. The standard InChI is InChI=1S/C16H13FN4/c17-15-3-1-13(2-4-15)14-10-20-16(21-11-14)19-9-12-5-7-18-8-6-12/h1-8,10-11H,9H2,(H,19,20,21). The first kappa shape index (κ1) is 13.2. The van der Waals surface area contributed by atoms with Crippen molar-refractivity contribution in [2.24, 2.45) is 0 Å². The molecule has 3 rings (SSSR count). The molecule has 0 amide bonds. The average Bonchev–Trinajstić information content (AvgIpc) is 2.55. The Labute approximate surface area is 121 Å². The van der Waals surface area contributed by atoms with Gasteiger partial charge in [-0.25, -0.2) is 14.4 Å². The molecule has 0 aliphatic rings. The zero-order chi connectivity index (χ0) is 14.5. The third kappa shape index (κ3) is 3.39. The number of hydrogen-bond acceptors (Lipinski definition) is 4. The molecule has 0 spiro atoms. The Bertz CT molecular complexity index is 697. The van der Waals surface area contributed by atoms with Crippen molar-refractivity contribution < 1.29 is 4.39 Å². The summed E-state index contributed by atoms with van der Waals surface area (Å²) in [7, 11) is 0. The molecule has 2 aromatic heterocycles. The Balaban J connectivity index is 1.68. The van der Waals surface area contributed by atoms with Gasteiger partial charge in [-0.2, -0.15) is 0 Å².